The predicted molar refractivity (Wildman–Crippen MR) is 143 cm³/mol. The van der Waals surface area contributed by atoms with Crippen LogP contribution in [-0.4, -0.2) is 29.5 Å². The number of rotatable bonds is 7. The molecule has 0 saturated heterocycles. The van der Waals surface area contributed by atoms with Gasteiger partial charge in [-0.25, -0.2) is 0 Å². The molecule has 2 amide bonds. The van der Waals surface area contributed by atoms with Crippen molar-refractivity contribution >= 4 is 28.4 Å². The molecule has 0 aliphatic carbocycles. The zero-order valence-corrected chi connectivity index (χ0v) is 21.1. The number of amides is 2. The van der Waals surface area contributed by atoms with Crippen LogP contribution in [-0.2, 0) is 29.5 Å². The largest absolute Gasteiger partial charge is 0.347 e. The van der Waals surface area contributed by atoms with Gasteiger partial charge in [-0.1, -0.05) is 60.7 Å². The Bertz CT molecular complexity index is 1360. The normalized spacial score (nSPS) is 11.9. The quantitative estimate of drug-likeness (QED) is 0.414. The maximum absolute atomic E-state index is 13.5. The number of aryl methyl sites for hydroxylation is 3. The molecule has 0 spiro atoms. The van der Waals surface area contributed by atoms with Crippen molar-refractivity contribution in [3.05, 3.63) is 101 Å². The van der Waals surface area contributed by atoms with Gasteiger partial charge in [-0.2, -0.15) is 0 Å². The number of nitrogens with one attached hydrogen (secondary N) is 1. The van der Waals surface area contributed by atoms with Gasteiger partial charge in [0.15, 0.2) is 0 Å². The summed E-state index contributed by atoms with van der Waals surface area (Å²) in [5.74, 6) is -0.299. The summed E-state index contributed by atoms with van der Waals surface area (Å²) in [5.41, 5.74) is 7.37. The number of anilines is 1. The molecule has 5 nitrogen and oxygen atoms in total. The Morgan fingerprint density at radius 2 is 1.49 bits per heavy atom. The summed E-state index contributed by atoms with van der Waals surface area (Å²) in [6, 6.07) is 22.9. The highest BCUT2D eigenvalue weighted by Gasteiger charge is 2.26. The third kappa shape index (κ3) is 4.99. The average Bonchev–Trinajstić information content (AvgIpc) is 3.12. The van der Waals surface area contributed by atoms with Gasteiger partial charge in [0.25, 0.3) is 0 Å². The van der Waals surface area contributed by atoms with Gasteiger partial charge in [0, 0.05) is 37.3 Å². The summed E-state index contributed by atoms with van der Waals surface area (Å²) in [5, 5.41) is 4.19. The lowest BCUT2D eigenvalue weighted by molar-refractivity contribution is -0.127. The molecule has 35 heavy (non-hydrogen) atoms. The maximum Gasteiger partial charge on any atom is 0.249 e. The highest BCUT2D eigenvalue weighted by atomic mass is 16.2. The van der Waals surface area contributed by atoms with E-state index in [0.717, 1.165) is 39.0 Å². The van der Waals surface area contributed by atoms with Crippen LogP contribution in [0.1, 0.15) is 27.9 Å². The molecule has 4 rings (SSSR count). The van der Waals surface area contributed by atoms with Gasteiger partial charge in [0.1, 0.15) is 6.04 Å². The van der Waals surface area contributed by atoms with Crippen molar-refractivity contribution < 1.29 is 9.59 Å². The van der Waals surface area contributed by atoms with Crippen LogP contribution in [0.5, 0.6) is 0 Å². The molecule has 0 fully saturated rings. The molecular formula is C30H33N3O2. The number of fused-ring (bicyclic) bond motifs is 1. The SMILES string of the molecule is Cc1ccc(C)c2c1c(CC(=O)N[C@@H](Cc1ccccc1)C(=O)N(C)c1ccccc1)c(C)n2C. The first-order valence-electron chi connectivity index (χ1n) is 12.0. The van der Waals surface area contributed by atoms with Crippen LogP contribution < -0.4 is 10.2 Å². The molecule has 0 saturated carbocycles. The standard InChI is InChI=1S/C30H33N3O2/c1-20-16-17-21(2)29-28(20)25(22(3)32(29)4)19-27(34)31-26(18-23-12-8-6-9-13-23)30(35)33(5)24-14-10-7-11-15-24/h6-17,26H,18-19H2,1-5H3,(H,31,34)/t26-/m0/s1. The molecule has 180 valence electrons. The number of nitrogens with zero attached hydrogens (tertiary/aromatic N) is 2. The fourth-order valence-electron chi connectivity index (χ4n) is 4.85. The van der Waals surface area contributed by atoms with Crippen molar-refractivity contribution in [1.82, 2.24) is 9.88 Å². The fraction of sp³-hybridized carbons (Fsp3) is 0.267. The van der Waals surface area contributed by atoms with E-state index in [4.69, 9.17) is 0 Å². The highest BCUT2D eigenvalue weighted by molar-refractivity contribution is 6.00. The fourth-order valence-corrected chi connectivity index (χ4v) is 4.85. The van der Waals surface area contributed by atoms with Crippen molar-refractivity contribution in [2.75, 3.05) is 11.9 Å². The summed E-state index contributed by atoms with van der Waals surface area (Å²) in [6.45, 7) is 6.23. The minimum atomic E-state index is -0.673. The average molecular weight is 468 g/mol. The number of carbonyl (C=O) groups is 2. The second-order valence-corrected chi connectivity index (χ2v) is 9.27. The van der Waals surface area contributed by atoms with Gasteiger partial charge in [0.2, 0.25) is 11.8 Å². The van der Waals surface area contributed by atoms with Crippen molar-refractivity contribution in [1.29, 1.82) is 0 Å². The molecule has 1 aromatic heterocycles. The first kappa shape index (κ1) is 24.3. The zero-order chi connectivity index (χ0) is 25.1. The lowest BCUT2D eigenvalue weighted by atomic mass is 10.00. The van der Waals surface area contributed by atoms with Crippen LogP contribution in [0.2, 0.25) is 0 Å². The Hall–Kier alpha value is -3.86. The molecule has 1 atom stereocenters. The molecule has 1 N–H and O–H groups in total. The molecule has 4 aromatic rings. The third-order valence-electron chi connectivity index (χ3n) is 6.89. The van der Waals surface area contributed by atoms with Gasteiger partial charge in [0.05, 0.1) is 11.9 Å². The minimum Gasteiger partial charge on any atom is -0.347 e. The molecule has 3 aromatic carbocycles. The monoisotopic (exact) mass is 467 g/mol. The molecule has 0 bridgehead atoms. The van der Waals surface area contributed by atoms with Crippen molar-refractivity contribution in [2.24, 2.45) is 7.05 Å². The molecule has 0 aliphatic heterocycles. The summed E-state index contributed by atoms with van der Waals surface area (Å²) >= 11 is 0. The highest BCUT2D eigenvalue weighted by Crippen LogP contribution is 2.30. The van der Waals surface area contributed by atoms with Crippen molar-refractivity contribution in [2.45, 2.75) is 39.7 Å². The lowest BCUT2D eigenvalue weighted by Crippen LogP contribution is -2.49. The van der Waals surface area contributed by atoms with Gasteiger partial charge in [-0.3, -0.25) is 9.59 Å². The molecule has 5 heteroatoms. The van der Waals surface area contributed by atoms with E-state index in [0.29, 0.717) is 6.42 Å². The van der Waals surface area contributed by atoms with E-state index >= 15 is 0 Å². The van der Waals surface area contributed by atoms with Gasteiger partial charge in [-0.05, 0) is 55.2 Å². The van der Waals surface area contributed by atoms with Crippen LogP contribution in [0, 0.1) is 20.8 Å². The molecule has 0 unspecified atom stereocenters. The van der Waals surface area contributed by atoms with Gasteiger partial charge >= 0.3 is 0 Å². The Morgan fingerprint density at radius 3 is 2.14 bits per heavy atom. The number of hydrogen-bond acceptors (Lipinski definition) is 2. The van der Waals surface area contributed by atoms with Crippen LogP contribution >= 0.6 is 0 Å². The molecular weight excluding hydrogens is 434 g/mol. The third-order valence-corrected chi connectivity index (χ3v) is 6.89. The smallest absolute Gasteiger partial charge is 0.249 e. The summed E-state index contributed by atoms with van der Waals surface area (Å²) in [4.78, 5) is 28.5. The number of aromatic nitrogens is 1. The Balaban J connectivity index is 1.62. The maximum atomic E-state index is 13.5. The van der Waals surface area contributed by atoms with Crippen LogP contribution in [0.4, 0.5) is 5.69 Å². The predicted octanol–water partition coefficient (Wildman–Crippen LogP) is 5.04. The van der Waals surface area contributed by atoms with E-state index in [2.05, 4.69) is 42.8 Å². The second-order valence-electron chi connectivity index (χ2n) is 9.27. The number of para-hydroxylation sites is 1. The number of likely N-dealkylation sites (N-methyl/N-ethyl adjacent to an activating group) is 1. The van der Waals surface area contributed by atoms with E-state index in [-0.39, 0.29) is 18.2 Å². The van der Waals surface area contributed by atoms with E-state index in [1.54, 1.807) is 11.9 Å². The zero-order valence-electron chi connectivity index (χ0n) is 21.1. The van der Waals surface area contributed by atoms with Crippen LogP contribution in [0.25, 0.3) is 10.9 Å². The van der Waals surface area contributed by atoms with E-state index < -0.39 is 6.04 Å². The number of hydrogen-bond donors (Lipinski definition) is 1. The van der Waals surface area contributed by atoms with Gasteiger partial charge < -0.3 is 14.8 Å². The van der Waals surface area contributed by atoms with Crippen molar-refractivity contribution in [3.63, 3.8) is 0 Å². The summed E-state index contributed by atoms with van der Waals surface area (Å²) < 4.78 is 2.16. The number of carbonyl (C=O) groups excluding carboxylic acids is 2. The first-order chi connectivity index (χ1) is 16.8. The topological polar surface area (TPSA) is 54.3 Å². The van der Waals surface area contributed by atoms with Crippen molar-refractivity contribution in [3.8, 4) is 0 Å². The lowest BCUT2D eigenvalue weighted by Gasteiger charge is -2.25. The van der Waals surface area contributed by atoms with Gasteiger partial charge in [-0.15, -0.1) is 0 Å². The first-order valence-corrected chi connectivity index (χ1v) is 12.0. The Morgan fingerprint density at radius 1 is 0.886 bits per heavy atom. The van der Waals surface area contributed by atoms with Crippen LogP contribution in [0.3, 0.4) is 0 Å². The minimum absolute atomic E-state index is 0.143. The number of benzene rings is 3. The summed E-state index contributed by atoms with van der Waals surface area (Å²) in [7, 11) is 3.80. The molecule has 0 aliphatic rings. The molecule has 0 radical (unpaired) electrons. The van der Waals surface area contributed by atoms with Crippen LogP contribution in [0.15, 0.2) is 72.8 Å². The van der Waals surface area contributed by atoms with E-state index in [9.17, 15) is 9.59 Å². The summed E-state index contributed by atoms with van der Waals surface area (Å²) in [6.07, 6.45) is 0.649. The molecule has 1 heterocycles. The second kappa shape index (κ2) is 10.2. The Kier molecular flexibility index (Phi) is 7.06. The van der Waals surface area contributed by atoms with E-state index in [1.807, 2.05) is 67.7 Å². The van der Waals surface area contributed by atoms with E-state index in [1.165, 1.54) is 5.56 Å². The Labute approximate surface area is 207 Å².